The Bertz CT molecular complexity index is 1180. The smallest absolute Gasteiger partial charge is 0.245 e. The van der Waals surface area contributed by atoms with Crippen molar-refractivity contribution < 1.29 is 9.78 Å². The lowest BCUT2D eigenvalue weighted by Crippen LogP contribution is -2.62. The van der Waals surface area contributed by atoms with E-state index in [9.17, 15) is 9.59 Å². The summed E-state index contributed by atoms with van der Waals surface area (Å²) in [6.45, 7) is 0. The Labute approximate surface area is 152 Å². The maximum absolute atomic E-state index is 13.5. The van der Waals surface area contributed by atoms with E-state index < -0.39 is 0 Å². The minimum Gasteiger partial charge on any atom is -0.245 e. The molecule has 4 aliphatic heterocycles. The molecular weight excluding hydrogens is 346 g/mol. The largest absolute Gasteiger partial charge is 0.352 e. The Hall–Kier alpha value is -2.38. The first-order valence-electron chi connectivity index (χ1n) is 9.77. The number of hydrogen-bond acceptors (Lipinski definition) is 4. The molecule has 1 saturated heterocycles. The van der Waals surface area contributed by atoms with Gasteiger partial charge in [0.2, 0.25) is 0 Å². The van der Waals surface area contributed by atoms with E-state index in [0.717, 1.165) is 0 Å². The van der Waals surface area contributed by atoms with Gasteiger partial charge in [-0.1, -0.05) is 30.4 Å². The minimum absolute atomic E-state index is 0.0431. The molecule has 1 aromatic heterocycles. The van der Waals surface area contributed by atoms with Crippen LogP contribution in [0.1, 0.15) is 12.1 Å². The fourth-order valence-electron chi connectivity index (χ4n) is 8.98. The number of fused-ring (bicyclic) bond motifs is 1. The predicted molar refractivity (Wildman–Crippen MR) is 90.1 cm³/mol. The van der Waals surface area contributed by atoms with Crippen LogP contribution in [0, 0.1) is 34.5 Å². The average molecular weight is 361 g/mol. The molecule has 5 fully saturated rings. The van der Waals surface area contributed by atoms with Gasteiger partial charge < -0.3 is 0 Å². The molecule has 11 rings (SSSR count). The van der Waals surface area contributed by atoms with Crippen molar-refractivity contribution in [1.82, 2.24) is 13.9 Å². The van der Waals surface area contributed by atoms with Gasteiger partial charge in [-0.2, -0.15) is 0 Å². The van der Waals surface area contributed by atoms with Crippen LogP contribution < -0.4 is 11.4 Å². The van der Waals surface area contributed by atoms with Gasteiger partial charge in [-0.15, -0.1) is 0 Å². The number of nitrogens with zero attached hydrogens (tertiary/aromatic N) is 3. The van der Waals surface area contributed by atoms with Gasteiger partial charge in [0, 0.05) is 10.8 Å². The lowest BCUT2D eigenvalue weighted by molar-refractivity contribution is -0.403. The molecule has 4 bridgehead atoms. The maximum atomic E-state index is 13.5. The Morgan fingerprint density at radius 2 is 1.33 bits per heavy atom. The van der Waals surface area contributed by atoms with Crippen LogP contribution in [0.15, 0.2) is 52.1 Å². The zero-order valence-electron chi connectivity index (χ0n) is 14.1. The predicted octanol–water partition coefficient (Wildman–Crippen LogP) is 0.657. The minimum atomic E-state index is -0.202. The lowest BCUT2D eigenvalue weighted by atomic mass is 9.64. The molecule has 27 heavy (non-hydrogen) atoms. The number of hydrogen-bond donors (Lipinski definition) is 0. The van der Waals surface area contributed by atoms with Gasteiger partial charge in [0.1, 0.15) is 12.2 Å². The lowest BCUT2D eigenvalue weighted by Gasteiger charge is -2.55. The van der Waals surface area contributed by atoms with Crippen LogP contribution in [0.3, 0.4) is 0 Å². The van der Waals surface area contributed by atoms with Crippen LogP contribution in [0.4, 0.5) is 0 Å². The first kappa shape index (κ1) is 12.9. The standard InChI is InChI=1S/C20H15N3O4/c24-17-21(8-4-2-1-3-5-8)18(25)23-16-13-11-12(13)15(22(17)23)19-9-6-7-10(27-26-9)20(16,19)14(11)19/h1-7,9-16H/t9-,10-,11?,12-,13-,14?,15+,16+,19-,20+/m0/s1. The summed E-state index contributed by atoms with van der Waals surface area (Å²) in [6.07, 6.45) is 4.08. The van der Waals surface area contributed by atoms with Crippen molar-refractivity contribution in [2.45, 2.75) is 24.3 Å². The van der Waals surface area contributed by atoms with Crippen molar-refractivity contribution in [3.63, 3.8) is 0 Å². The molecular formula is C20H15N3O4. The van der Waals surface area contributed by atoms with Gasteiger partial charge in [-0.25, -0.2) is 33.3 Å². The van der Waals surface area contributed by atoms with Gasteiger partial charge in [0.25, 0.3) is 0 Å². The zero-order chi connectivity index (χ0) is 17.4. The summed E-state index contributed by atoms with van der Waals surface area (Å²) >= 11 is 0. The van der Waals surface area contributed by atoms with Gasteiger partial charge in [0.15, 0.2) is 0 Å². The highest BCUT2D eigenvalue weighted by Gasteiger charge is 3.07. The molecule has 2 aromatic rings. The molecule has 0 amide bonds. The second-order valence-electron chi connectivity index (χ2n) is 9.31. The average Bonchev–Trinajstić information content (AvgIpc) is 3.50. The SMILES string of the molecule is O=c1n(-c2ccccc2)c(=O)n2n1[C@@H]1[C@H]3C4C5[C@]16[C@@H]1C=C[C@H](OO1)[C@@]56[C@H]2[C@@H]43. The van der Waals surface area contributed by atoms with E-state index in [2.05, 4.69) is 12.2 Å². The van der Waals surface area contributed by atoms with Crippen molar-refractivity contribution in [2.75, 3.05) is 0 Å². The molecule has 2 spiro atoms. The number of rotatable bonds is 1. The topological polar surface area (TPSA) is 67.4 Å². The number of aromatic nitrogens is 3. The highest BCUT2D eigenvalue weighted by molar-refractivity contribution is 5.55. The van der Waals surface area contributed by atoms with Crippen LogP contribution in [0.5, 0.6) is 0 Å². The Kier molecular flexibility index (Phi) is 1.57. The molecule has 0 radical (unpaired) electrons. The van der Waals surface area contributed by atoms with Crippen molar-refractivity contribution in [3.8, 4) is 5.69 Å². The van der Waals surface area contributed by atoms with E-state index in [1.165, 1.54) is 4.57 Å². The molecule has 4 saturated carbocycles. The molecule has 134 valence electrons. The van der Waals surface area contributed by atoms with Crippen LogP contribution in [-0.2, 0) is 9.78 Å². The summed E-state index contributed by atoms with van der Waals surface area (Å²) in [7, 11) is 0. The third-order valence-electron chi connectivity index (χ3n) is 9.19. The molecule has 7 nitrogen and oxygen atoms in total. The molecule has 1 aromatic carbocycles. The summed E-state index contributed by atoms with van der Waals surface area (Å²) in [5.41, 5.74) is 0.152. The first-order chi connectivity index (χ1) is 13.3. The second kappa shape index (κ2) is 3.29. The molecule has 7 heteroatoms. The Morgan fingerprint density at radius 3 is 1.85 bits per heavy atom. The van der Waals surface area contributed by atoms with Gasteiger partial charge in [-0.05, 0) is 35.8 Å². The van der Waals surface area contributed by atoms with Crippen molar-refractivity contribution >= 4 is 0 Å². The van der Waals surface area contributed by atoms with Crippen molar-refractivity contribution in [3.05, 3.63) is 63.5 Å². The summed E-state index contributed by atoms with van der Waals surface area (Å²) in [5.74, 6) is 2.22. The van der Waals surface area contributed by atoms with E-state index in [1.54, 1.807) is 0 Å². The van der Waals surface area contributed by atoms with Crippen LogP contribution in [0.25, 0.3) is 5.69 Å². The van der Waals surface area contributed by atoms with Crippen LogP contribution >= 0.6 is 0 Å². The van der Waals surface area contributed by atoms with Crippen molar-refractivity contribution in [1.29, 1.82) is 0 Å². The van der Waals surface area contributed by atoms with Crippen LogP contribution in [-0.4, -0.2) is 26.1 Å². The molecule has 9 aliphatic rings. The third kappa shape index (κ3) is 0.870. The van der Waals surface area contributed by atoms with E-state index in [-0.39, 0.29) is 46.5 Å². The second-order valence-corrected chi connectivity index (χ2v) is 9.31. The molecule has 2 unspecified atom stereocenters. The van der Waals surface area contributed by atoms with E-state index >= 15 is 0 Å². The van der Waals surface area contributed by atoms with Gasteiger partial charge in [-0.3, -0.25) is 0 Å². The fourth-order valence-corrected chi connectivity index (χ4v) is 8.98. The normalized spacial score (nSPS) is 54.8. The summed E-state index contributed by atoms with van der Waals surface area (Å²) in [4.78, 5) is 38.4. The molecule has 0 N–H and O–H groups in total. The number of benzene rings is 1. The summed E-state index contributed by atoms with van der Waals surface area (Å²) in [5, 5.41) is 0. The third-order valence-corrected chi connectivity index (χ3v) is 9.19. The van der Waals surface area contributed by atoms with Crippen LogP contribution in [0.2, 0.25) is 0 Å². The maximum Gasteiger partial charge on any atom is 0.352 e. The number of para-hydroxylation sites is 1. The molecule has 5 heterocycles. The van der Waals surface area contributed by atoms with E-state index in [0.29, 0.717) is 29.4 Å². The molecule has 10 atom stereocenters. The quantitative estimate of drug-likeness (QED) is 0.553. The highest BCUT2D eigenvalue weighted by atomic mass is 17.2. The monoisotopic (exact) mass is 361 g/mol. The summed E-state index contributed by atoms with van der Waals surface area (Å²) in [6, 6.07) is 9.39. The zero-order valence-corrected chi connectivity index (χ0v) is 14.1. The van der Waals surface area contributed by atoms with E-state index in [4.69, 9.17) is 9.78 Å². The highest BCUT2D eigenvalue weighted by Crippen LogP contribution is 3.05. The Balaban J connectivity index is 1.41. The summed E-state index contributed by atoms with van der Waals surface area (Å²) < 4.78 is 4.97. The Morgan fingerprint density at radius 1 is 0.778 bits per heavy atom. The molecule has 5 aliphatic carbocycles. The van der Waals surface area contributed by atoms with E-state index in [1.807, 2.05) is 39.7 Å². The van der Waals surface area contributed by atoms with Gasteiger partial charge >= 0.3 is 11.4 Å². The fraction of sp³-hybridized carbons (Fsp3) is 0.500. The van der Waals surface area contributed by atoms with Crippen molar-refractivity contribution in [2.24, 2.45) is 34.5 Å². The van der Waals surface area contributed by atoms with Gasteiger partial charge in [0.05, 0.1) is 17.8 Å². The first-order valence-corrected chi connectivity index (χ1v) is 9.77.